The zero-order valence-corrected chi connectivity index (χ0v) is 25.0. The first-order valence-electron chi connectivity index (χ1n) is 12.6. The highest BCUT2D eigenvalue weighted by atomic mass is 79.9. The molecule has 3 heterocycles. The van der Waals surface area contributed by atoms with Crippen LogP contribution >= 0.6 is 23.7 Å². The summed E-state index contributed by atoms with van der Waals surface area (Å²) in [5.74, 6) is -1.16. The number of ether oxygens (including phenoxy) is 2. The lowest BCUT2D eigenvalue weighted by Crippen LogP contribution is -2.44. The van der Waals surface area contributed by atoms with Gasteiger partial charge in [0.1, 0.15) is 29.6 Å². The number of hydrogen-bond acceptors (Lipinski definition) is 12. The Bertz CT molecular complexity index is 1700. The molecule has 0 bridgehead atoms. The van der Waals surface area contributed by atoms with Crippen LogP contribution in [0, 0.1) is 0 Å². The number of rotatable bonds is 10. The third-order valence-electron chi connectivity index (χ3n) is 6.76. The fraction of sp³-hybridized carbons (Fsp3) is 0.360. The topological polar surface area (TPSA) is 213 Å². The number of aliphatic hydroxyl groups is 2. The summed E-state index contributed by atoms with van der Waals surface area (Å²) in [6.45, 7) is 2.04. The molecule has 224 valence electrons. The number of nitrogens with two attached hydrogens (primary N) is 1. The van der Waals surface area contributed by atoms with E-state index < -0.39 is 50.4 Å². The van der Waals surface area contributed by atoms with E-state index in [0.717, 1.165) is 5.39 Å². The van der Waals surface area contributed by atoms with Crippen LogP contribution in [-0.2, 0) is 18.6 Å². The second-order valence-corrected chi connectivity index (χ2v) is 12.2. The maximum atomic E-state index is 13.9. The molecule has 5 rings (SSSR count). The van der Waals surface area contributed by atoms with Crippen molar-refractivity contribution in [3.63, 3.8) is 0 Å². The summed E-state index contributed by atoms with van der Waals surface area (Å²) in [4.78, 5) is 24.1. The first-order chi connectivity index (χ1) is 19.8. The number of aromatic nitrogens is 4. The van der Waals surface area contributed by atoms with Crippen LogP contribution in [0.4, 0.5) is 5.95 Å². The van der Waals surface area contributed by atoms with Gasteiger partial charge in [-0.15, -0.1) is 0 Å². The van der Waals surface area contributed by atoms with Gasteiger partial charge in [-0.3, -0.25) is 13.9 Å². The summed E-state index contributed by atoms with van der Waals surface area (Å²) >= 11 is 3.32. The summed E-state index contributed by atoms with van der Waals surface area (Å²) in [6, 6.07) is 10.9. The van der Waals surface area contributed by atoms with Crippen molar-refractivity contribution in [2.24, 2.45) is 0 Å². The first-order valence-corrected chi connectivity index (χ1v) is 14.9. The molecule has 0 aliphatic carbocycles. The summed E-state index contributed by atoms with van der Waals surface area (Å²) in [6.07, 6.45) is -4.12. The molecular weight excluding hydrogens is 639 g/mol. The minimum Gasteiger partial charge on any atom is -0.480 e. The molecule has 2 aromatic heterocycles. The van der Waals surface area contributed by atoms with Crippen molar-refractivity contribution < 1.29 is 43.2 Å². The second-order valence-electron chi connectivity index (χ2n) is 9.76. The van der Waals surface area contributed by atoms with Gasteiger partial charge in [0, 0.05) is 5.39 Å². The van der Waals surface area contributed by atoms with E-state index in [2.05, 4.69) is 36.0 Å². The van der Waals surface area contributed by atoms with Gasteiger partial charge in [-0.05, 0) is 41.2 Å². The van der Waals surface area contributed by atoms with Gasteiger partial charge in [-0.25, -0.2) is 9.55 Å². The number of carbonyl (C=O) groups is 1. The van der Waals surface area contributed by atoms with Crippen molar-refractivity contribution in [2.75, 3.05) is 19.5 Å². The lowest BCUT2D eigenvalue weighted by Gasteiger charge is -2.28. The fourth-order valence-corrected chi connectivity index (χ4v) is 6.66. The normalized spacial score (nSPS) is 24.5. The largest absolute Gasteiger partial charge is 0.480 e. The number of nitrogen functional groups attached to an aromatic ring is 1. The number of anilines is 1. The van der Waals surface area contributed by atoms with E-state index in [0.29, 0.717) is 5.39 Å². The van der Waals surface area contributed by atoms with Crippen LogP contribution in [0.3, 0.4) is 0 Å². The minimum absolute atomic E-state index is 0.0835. The summed E-state index contributed by atoms with van der Waals surface area (Å²) in [5.41, 5.74) is 4.24. The number of nitrogens with one attached hydrogen (secondary N) is 1. The van der Waals surface area contributed by atoms with Gasteiger partial charge >= 0.3 is 13.7 Å². The third-order valence-corrected chi connectivity index (χ3v) is 8.95. The Morgan fingerprint density at radius 1 is 1.26 bits per heavy atom. The zero-order valence-electron chi connectivity index (χ0n) is 22.5. The average Bonchev–Trinajstić information content (AvgIpc) is 3.38. The van der Waals surface area contributed by atoms with Gasteiger partial charge in [0.05, 0.1) is 13.7 Å². The highest BCUT2D eigenvalue weighted by Crippen LogP contribution is 2.49. The Kier molecular flexibility index (Phi) is 8.15. The minimum atomic E-state index is -4.41. The molecule has 0 saturated carbocycles. The number of fused-ring (bicyclic) bond motifs is 2. The third kappa shape index (κ3) is 5.54. The van der Waals surface area contributed by atoms with Crippen LogP contribution in [0.25, 0.3) is 21.9 Å². The fourth-order valence-electron chi connectivity index (χ4n) is 4.60. The smallest absolute Gasteiger partial charge is 0.459 e. The second kappa shape index (κ2) is 11.4. The molecule has 4 aromatic rings. The Labute approximate surface area is 247 Å². The van der Waals surface area contributed by atoms with Crippen molar-refractivity contribution in [3.8, 4) is 11.6 Å². The number of nitrogens with zero attached hydrogens (tertiary/aromatic N) is 4. The number of carboxylic acid groups (broad SMARTS) is 1. The maximum absolute atomic E-state index is 13.9. The van der Waals surface area contributed by atoms with Crippen molar-refractivity contribution in [1.29, 1.82) is 0 Å². The lowest BCUT2D eigenvalue weighted by atomic mass is 9.96. The summed E-state index contributed by atoms with van der Waals surface area (Å²) in [5, 5.41) is 35.7. The van der Waals surface area contributed by atoms with E-state index in [9.17, 15) is 24.7 Å². The van der Waals surface area contributed by atoms with Crippen LogP contribution in [0.1, 0.15) is 20.1 Å². The number of methoxy groups -OCH3 is 1. The summed E-state index contributed by atoms with van der Waals surface area (Å²) in [7, 11) is -3.03. The number of halogens is 1. The van der Waals surface area contributed by atoms with Gasteiger partial charge in [0.15, 0.2) is 22.1 Å². The Morgan fingerprint density at radius 2 is 1.98 bits per heavy atom. The van der Waals surface area contributed by atoms with Crippen molar-refractivity contribution in [2.45, 2.75) is 43.9 Å². The molecule has 6 N–H and O–H groups in total. The van der Waals surface area contributed by atoms with Crippen LogP contribution < -0.4 is 20.1 Å². The molecule has 15 nitrogen and oxygen atoms in total. The van der Waals surface area contributed by atoms with Gasteiger partial charge in [0.25, 0.3) is 0 Å². The molecule has 2 aromatic carbocycles. The van der Waals surface area contributed by atoms with Crippen LogP contribution in [0.2, 0.25) is 0 Å². The van der Waals surface area contributed by atoms with Crippen molar-refractivity contribution in [3.05, 3.63) is 47.2 Å². The Morgan fingerprint density at radius 3 is 2.69 bits per heavy atom. The summed E-state index contributed by atoms with van der Waals surface area (Å²) < 4.78 is 38.1. The quantitative estimate of drug-likeness (QED) is 0.122. The van der Waals surface area contributed by atoms with Gasteiger partial charge < -0.3 is 35.1 Å². The molecular formula is C25H28BrN6O9P. The van der Waals surface area contributed by atoms with E-state index in [1.807, 2.05) is 18.2 Å². The highest BCUT2D eigenvalue weighted by Gasteiger charge is 2.55. The molecule has 17 heteroatoms. The van der Waals surface area contributed by atoms with Crippen LogP contribution in [-0.4, -0.2) is 78.4 Å². The molecule has 1 aliphatic heterocycles. The molecule has 0 spiro atoms. The number of imidazole rings is 1. The highest BCUT2D eigenvalue weighted by molar-refractivity contribution is 9.10. The van der Waals surface area contributed by atoms with E-state index in [4.69, 9.17) is 24.3 Å². The van der Waals surface area contributed by atoms with Gasteiger partial charge in [-0.2, -0.15) is 15.1 Å². The number of carboxylic acids is 1. The molecule has 1 aliphatic rings. The monoisotopic (exact) mass is 666 g/mol. The molecule has 1 fully saturated rings. The van der Waals surface area contributed by atoms with Gasteiger partial charge in [0.2, 0.25) is 11.8 Å². The molecule has 0 radical (unpaired) electrons. The van der Waals surface area contributed by atoms with Crippen LogP contribution in [0.5, 0.6) is 11.6 Å². The molecule has 0 amide bonds. The average molecular weight is 667 g/mol. The predicted molar refractivity (Wildman–Crippen MR) is 153 cm³/mol. The maximum Gasteiger partial charge on any atom is 0.459 e. The SMILES string of the molecule is COc1nc(N)nc2c1nc(Br)n2[C@@H]1O[C@H](COP(=O)(NC(C)C(=O)O)Oc2cccc3ccccc23)[C@@H](O)[C@@]1(C)O. The van der Waals surface area contributed by atoms with Crippen molar-refractivity contribution in [1.82, 2.24) is 24.6 Å². The number of hydrogen-bond donors (Lipinski definition) is 5. The van der Waals surface area contributed by atoms with E-state index >= 15 is 0 Å². The van der Waals surface area contributed by atoms with E-state index in [1.54, 1.807) is 24.3 Å². The zero-order chi connectivity index (χ0) is 30.4. The molecule has 1 saturated heterocycles. The molecule has 2 unspecified atom stereocenters. The van der Waals surface area contributed by atoms with Crippen LogP contribution in [0.15, 0.2) is 47.2 Å². The van der Waals surface area contributed by atoms with Crippen molar-refractivity contribution >= 4 is 57.5 Å². The van der Waals surface area contributed by atoms with Gasteiger partial charge in [-0.1, -0.05) is 36.4 Å². The lowest BCUT2D eigenvalue weighted by molar-refractivity contribution is -0.138. The Hall–Kier alpha value is -3.37. The standard InChI is InChI=1S/C25H28BrN6O9P/c1-12(21(34)35)31-42(37,41-15-10-6-8-13-7-4-5-9-14(13)15)39-11-16-18(33)25(2,36)22(40-16)32-19-17(28-23(32)26)20(38-3)30-24(27)29-19/h4-10,12,16,18,22,33,36H,11H2,1-3H3,(H,31,37)(H,34,35)(H2,27,29,30)/t12?,16-,18-,22-,25-,42?/m1/s1. The number of aliphatic carboxylic acids is 1. The Balaban J connectivity index is 1.44. The first kappa shape index (κ1) is 30.1. The number of aliphatic hydroxyl groups excluding tert-OH is 1. The van der Waals surface area contributed by atoms with E-state index in [1.165, 1.54) is 25.5 Å². The van der Waals surface area contributed by atoms with E-state index in [-0.39, 0.29) is 33.5 Å². The predicted octanol–water partition coefficient (Wildman–Crippen LogP) is 2.61. The molecule has 6 atom stereocenters. The number of benzene rings is 2. The molecule has 42 heavy (non-hydrogen) atoms.